The van der Waals surface area contributed by atoms with Crippen LogP contribution in [-0.4, -0.2) is 49.0 Å². The molecule has 2 aliphatic heterocycles. The van der Waals surface area contributed by atoms with Crippen molar-refractivity contribution in [1.82, 2.24) is 4.90 Å². The predicted molar refractivity (Wildman–Crippen MR) is 86.4 cm³/mol. The molecule has 0 amide bonds. The highest BCUT2D eigenvalue weighted by Crippen LogP contribution is 2.32. The Hall–Kier alpha value is -0.810. The van der Waals surface area contributed by atoms with Gasteiger partial charge in [0.05, 0.1) is 19.8 Å². The number of rotatable bonds is 4. The van der Waals surface area contributed by atoms with Crippen LogP contribution in [0.4, 0.5) is 0 Å². The van der Waals surface area contributed by atoms with E-state index in [1.807, 2.05) is 18.2 Å². The van der Waals surface area contributed by atoms with E-state index in [4.69, 9.17) is 21.1 Å². The molecule has 22 heavy (non-hydrogen) atoms. The van der Waals surface area contributed by atoms with Crippen LogP contribution in [0.15, 0.2) is 18.2 Å². The molecule has 0 unspecified atom stereocenters. The Morgan fingerprint density at radius 2 is 2.27 bits per heavy atom. The van der Waals surface area contributed by atoms with Gasteiger partial charge in [-0.15, -0.1) is 0 Å². The molecule has 2 aliphatic rings. The molecule has 3 atom stereocenters. The standard InChI is InChI=1S/C17H24ClNO3/c1-21-13-4-5-15(18)12(9-13)10-19-7-2-3-16(19)14-11-22-8-6-17(14)20/h4-5,9,14,16-17,20H,2-3,6-8,10-11H2,1H3/t14-,16+,17-/m0/s1. The van der Waals surface area contributed by atoms with Crippen LogP contribution in [0.3, 0.4) is 0 Å². The fourth-order valence-electron chi connectivity index (χ4n) is 3.67. The Bertz CT molecular complexity index is 511. The van der Waals surface area contributed by atoms with Crippen LogP contribution in [-0.2, 0) is 11.3 Å². The number of hydrogen-bond donors (Lipinski definition) is 1. The lowest BCUT2D eigenvalue weighted by atomic mass is 9.89. The first-order valence-electron chi connectivity index (χ1n) is 8.01. The van der Waals surface area contributed by atoms with Crippen molar-refractivity contribution in [2.75, 3.05) is 26.9 Å². The highest BCUT2D eigenvalue weighted by atomic mass is 35.5. The zero-order valence-corrected chi connectivity index (χ0v) is 13.8. The van der Waals surface area contributed by atoms with Crippen LogP contribution in [0, 0.1) is 5.92 Å². The van der Waals surface area contributed by atoms with Gasteiger partial charge in [-0.1, -0.05) is 11.6 Å². The Balaban J connectivity index is 1.73. The fourth-order valence-corrected chi connectivity index (χ4v) is 3.84. The third-order valence-corrected chi connectivity index (χ3v) is 5.27. The van der Waals surface area contributed by atoms with E-state index in [0.717, 1.165) is 48.7 Å². The Morgan fingerprint density at radius 1 is 1.41 bits per heavy atom. The lowest BCUT2D eigenvalue weighted by Crippen LogP contribution is -2.45. The van der Waals surface area contributed by atoms with E-state index in [0.29, 0.717) is 19.3 Å². The van der Waals surface area contributed by atoms with Gasteiger partial charge in [0.25, 0.3) is 0 Å². The molecule has 1 aromatic carbocycles. The normalized spacial score (nSPS) is 29.7. The van der Waals surface area contributed by atoms with Crippen molar-refractivity contribution in [3.05, 3.63) is 28.8 Å². The Morgan fingerprint density at radius 3 is 3.05 bits per heavy atom. The summed E-state index contributed by atoms with van der Waals surface area (Å²) in [7, 11) is 1.67. The van der Waals surface area contributed by atoms with Gasteiger partial charge in [-0.25, -0.2) is 0 Å². The van der Waals surface area contributed by atoms with Crippen molar-refractivity contribution in [2.45, 2.75) is 38.0 Å². The fraction of sp³-hybridized carbons (Fsp3) is 0.647. The van der Waals surface area contributed by atoms with Gasteiger partial charge >= 0.3 is 0 Å². The highest BCUT2D eigenvalue weighted by Gasteiger charge is 2.37. The SMILES string of the molecule is COc1ccc(Cl)c(CN2CCC[C@@H]2[C@@H]2COCC[C@@H]2O)c1. The van der Waals surface area contributed by atoms with Crippen molar-refractivity contribution < 1.29 is 14.6 Å². The van der Waals surface area contributed by atoms with E-state index in [9.17, 15) is 5.11 Å². The van der Waals surface area contributed by atoms with E-state index in [1.165, 1.54) is 0 Å². The number of aliphatic hydroxyl groups excluding tert-OH is 1. The number of halogens is 1. The summed E-state index contributed by atoms with van der Waals surface area (Å²) in [6.45, 7) is 3.17. The van der Waals surface area contributed by atoms with Gasteiger partial charge in [0.1, 0.15) is 5.75 Å². The number of hydrogen-bond acceptors (Lipinski definition) is 4. The summed E-state index contributed by atoms with van der Waals surface area (Å²) >= 11 is 6.34. The van der Waals surface area contributed by atoms with Crippen molar-refractivity contribution in [2.24, 2.45) is 5.92 Å². The minimum absolute atomic E-state index is 0.209. The maximum absolute atomic E-state index is 10.3. The number of aliphatic hydroxyl groups is 1. The molecule has 0 spiro atoms. The number of methoxy groups -OCH3 is 1. The predicted octanol–water partition coefficient (Wildman–Crippen LogP) is 2.71. The van der Waals surface area contributed by atoms with E-state index in [1.54, 1.807) is 7.11 Å². The molecule has 2 heterocycles. The quantitative estimate of drug-likeness (QED) is 0.924. The monoisotopic (exact) mass is 325 g/mol. The van der Waals surface area contributed by atoms with E-state index >= 15 is 0 Å². The summed E-state index contributed by atoms with van der Waals surface area (Å²) in [4.78, 5) is 2.43. The van der Waals surface area contributed by atoms with Gasteiger partial charge in [-0.05, 0) is 49.6 Å². The van der Waals surface area contributed by atoms with Gasteiger partial charge in [0.2, 0.25) is 0 Å². The molecule has 1 aromatic rings. The smallest absolute Gasteiger partial charge is 0.119 e. The van der Waals surface area contributed by atoms with Gasteiger partial charge < -0.3 is 14.6 Å². The van der Waals surface area contributed by atoms with Crippen molar-refractivity contribution in [1.29, 1.82) is 0 Å². The van der Waals surface area contributed by atoms with Gasteiger partial charge in [0, 0.05) is 30.1 Å². The largest absolute Gasteiger partial charge is 0.497 e. The molecular formula is C17H24ClNO3. The van der Waals surface area contributed by atoms with E-state index in [-0.39, 0.29) is 12.0 Å². The molecule has 0 saturated carbocycles. The van der Waals surface area contributed by atoms with Gasteiger partial charge in [-0.3, -0.25) is 4.90 Å². The van der Waals surface area contributed by atoms with Gasteiger partial charge in [-0.2, -0.15) is 0 Å². The Labute approximate surface area is 137 Å². The van der Waals surface area contributed by atoms with E-state index < -0.39 is 0 Å². The van der Waals surface area contributed by atoms with Crippen LogP contribution >= 0.6 is 11.6 Å². The van der Waals surface area contributed by atoms with Crippen LogP contribution in [0.25, 0.3) is 0 Å². The first-order chi connectivity index (χ1) is 10.7. The summed E-state index contributed by atoms with van der Waals surface area (Å²) in [5.74, 6) is 1.04. The maximum Gasteiger partial charge on any atom is 0.119 e. The molecule has 2 fully saturated rings. The van der Waals surface area contributed by atoms with Crippen LogP contribution < -0.4 is 4.74 Å². The molecule has 0 aromatic heterocycles. The number of nitrogens with zero attached hydrogens (tertiary/aromatic N) is 1. The minimum atomic E-state index is -0.250. The number of likely N-dealkylation sites (tertiary alicyclic amines) is 1. The summed E-state index contributed by atoms with van der Waals surface area (Å²) in [5.41, 5.74) is 1.08. The second-order valence-corrected chi connectivity index (χ2v) is 6.64. The molecule has 2 saturated heterocycles. The first kappa shape index (κ1) is 16.1. The minimum Gasteiger partial charge on any atom is -0.497 e. The van der Waals surface area contributed by atoms with Crippen LogP contribution in [0.2, 0.25) is 5.02 Å². The molecule has 122 valence electrons. The van der Waals surface area contributed by atoms with Crippen molar-refractivity contribution >= 4 is 11.6 Å². The molecule has 3 rings (SSSR count). The summed E-state index contributed by atoms with van der Waals surface area (Å²) < 4.78 is 10.9. The van der Waals surface area contributed by atoms with Crippen molar-refractivity contribution in [3.63, 3.8) is 0 Å². The topological polar surface area (TPSA) is 41.9 Å². The average Bonchev–Trinajstić information content (AvgIpc) is 2.98. The molecule has 0 aliphatic carbocycles. The molecule has 1 N–H and O–H groups in total. The molecular weight excluding hydrogens is 302 g/mol. The molecule has 4 nitrogen and oxygen atoms in total. The second kappa shape index (κ2) is 7.18. The lowest BCUT2D eigenvalue weighted by Gasteiger charge is -2.37. The summed E-state index contributed by atoms with van der Waals surface area (Å²) in [5, 5.41) is 11.1. The molecule has 0 bridgehead atoms. The third-order valence-electron chi connectivity index (χ3n) is 4.90. The number of benzene rings is 1. The highest BCUT2D eigenvalue weighted by molar-refractivity contribution is 6.31. The zero-order valence-electron chi connectivity index (χ0n) is 13.0. The summed E-state index contributed by atoms with van der Waals surface area (Å²) in [6, 6.07) is 6.15. The lowest BCUT2D eigenvalue weighted by molar-refractivity contribution is -0.0636. The van der Waals surface area contributed by atoms with Crippen LogP contribution in [0.1, 0.15) is 24.8 Å². The first-order valence-corrected chi connectivity index (χ1v) is 8.39. The Kier molecular flexibility index (Phi) is 5.24. The molecule has 5 heteroatoms. The maximum atomic E-state index is 10.3. The van der Waals surface area contributed by atoms with Crippen molar-refractivity contribution in [3.8, 4) is 5.75 Å². The third kappa shape index (κ3) is 3.40. The zero-order chi connectivity index (χ0) is 15.5. The molecule has 0 radical (unpaired) electrons. The number of ether oxygens (including phenoxy) is 2. The van der Waals surface area contributed by atoms with Gasteiger partial charge in [0.15, 0.2) is 0 Å². The van der Waals surface area contributed by atoms with E-state index in [2.05, 4.69) is 4.90 Å². The average molecular weight is 326 g/mol. The summed E-state index contributed by atoms with van der Waals surface area (Å²) in [6.07, 6.45) is 2.77. The second-order valence-electron chi connectivity index (χ2n) is 6.23. The van der Waals surface area contributed by atoms with Crippen LogP contribution in [0.5, 0.6) is 5.75 Å².